The van der Waals surface area contributed by atoms with Gasteiger partial charge in [0.05, 0.1) is 22.6 Å². The molecule has 0 saturated carbocycles. The fourth-order valence-corrected chi connectivity index (χ4v) is 5.65. The molecule has 5 nitrogen and oxygen atoms in total. The first-order valence-corrected chi connectivity index (χ1v) is 11.4. The van der Waals surface area contributed by atoms with E-state index in [2.05, 4.69) is 0 Å². The Kier molecular flexibility index (Phi) is 6.16. The van der Waals surface area contributed by atoms with Crippen LogP contribution in [0.15, 0.2) is 60.7 Å². The summed E-state index contributed by atoms with van der Waals surface area (Å²) in [6.45, 7) is 0.588. The Bertz CT molecular complexity index is 1270. The lowest BCUT2D eigenvalue weighted by Crippen LogP contribution is -2.48. The summed E-state index contributed by atoms with van der Waals surface area (Å²) >= 11 is 7.49. The molecule has 0 saturated heterocycles. The van der Waals surface area contributed by atoms with Crippen LogP contribution in [0.4, 0.5) is 14.5 Å². The highest BCUT2D eigenvalue weighted by Crippen LogP contribution is 2.49. The van der Waals surface area contributed by atoms with E-state index < -0.39 is 34.6 Å². The molecule has 0 unspecified atom stereocenters. The SMILES string of the molecule is CC(F)(F)C(=N)N1C(=N)[C@@H](CC(=O)O)S[C@H](c2cccc3ccccc23)c2cc(Cl)ccc21. The van der Waals surface area contributed by atoms with Crippen molar-refractivity contribution in [1.82, 2.24) is 0 Å². The number of carbonyl (C=O) groups is 1. The minimum absolute atomic E-state index is 0.217. The van der Waals surface area contributed by atoms with Crippen molar-refractivity contribution in [3.63, 3.8) is 0 Å². The number of benzene rings is 3. The molecule has 9 heteroatoms. The average Bonchev–Trinajstić information content (AvgIpc) is 2.86. The van der Waals surface area contributed by atoms with Crippen LogP contribution in [-0.4, -0.2) is 33.9 Å². The standard InChI is InChI=1S/C24H20ClF2N3O2S/c1-24(26,27)23(29)30-18-10-9-14(25)11-17(18)21(33-19(22(30)28)12-20(31)32)16-8-4-6-13-5-2-3-7-15(13)16/h2-11,19,21,28-29H,12H2,1H3,(H,31,32)/t19-,21-/m1/s1. The van der Waals surface area contributed by atoms with E-state index in [9.17, 15) is 18.7 Å². The fraction of sp³-hybridized carbons (Fsp3) is 0.208. The Hall–Kier alpha value is -2.97. The molecule has 1 aliphatic rings. The molecule has 0 fully saturated rings. The average molecular weight is 488 g/mol. The molecule has 33 heavy (non-hydrogen) atoms. The summed E-state index contributed by atoms with van der Waals surface area (Å²) < 4.78 is 28.6. The van der Waals surface area contributed by atoms with Gasteiger partial charge in [-0.25, -0.2) is 0 Å². The van der Waals surface area contributed by atoms with Crippen LogP contribution in [0.1, 0.15) is 29.7 Å². The van der Waals surface area contributed by atoms with Gasteiger partial charge in [0.1, 0.15) is 5.84 Å². The highest BCUT2D eigenvalue weighted by atomic mass is 35.5. The maximum atomic E-state index is 14.3. The van der Waals surface area contributed by atoms with E-state index in [0.717, 1.165) is 21.2 Å². The topological polar surface area (TPSA) is 88.2 Å². The van der Waals surface area contributed by atoms with Gasteiger partial charge in [-0.3, -0.25) is 20.5 Å². The Morgan fingerprint density at radius 2 is 1.85 bits per heavy atom. The maximum absolute atomic E-state index is 14.3. The van der Waals surface area contributed by atoms with Crippen molar-refractivity contribution in [3.8, 4) is 0 Å². The van der Waals surface area contributed by atoms with Gasteiger partial charge >= 0.3 is 11.9 Å². The van der Waals surface area contributed by atoms with Gasteiger partial charge in [-0.1, -0.05) is 54.1 Å². The summed E-state index contributed by atoms with van der Waals surface area (Å²) in [4.78, 5) is 12.5. The number of rotatable bonds is 4. The monoisotopic (exact) mass is 487 g/mol. The zero-order chi connectivity index (χ0) is 23.9. The third-order valence-corrected chi connectivity index (χ3v) is 7.20. The Morgan fingerprint density at radius 3 is 2.55 bits per heavy atom. The molecule has 0 amide bonds. The number of hydrogen-bond donors (Lipinski definition) is 3. The molecule has 0 aliphatic carbocycles. The fourth-order valence-electron chi connectivity index (χ4n) is 3.98. The minimum atomic E-state index is -3.54. The highest BCUT2D eigenvalue weighted by molar-refractivity contribution is 8.01. The first kappa shape index (κ1) is 23.2. The van der Waals surface area contributed by atoms with E-state index in [0.29, 0.717) is 17.5 Å². The molecular weight excluding hydrogens is 468 g/mol. The molecule has 4 rings (SSSR count). The zero-order valence-electron chi connectivity index (χ0n) is 17.5. The van der Waals surface area contributed by atoms with Crippen LogP contribution >= 0.6 is 23.4 Å². The molecule has 0 bridgehead atoms. The Morgan fingerprint density at radius 1 is 1.15 bits per heavy atom. The lowest BCUT2D eigenvalue weighted by molar-refractivity contribution is -0.136. The number of halogens is 3. The molecule has 3 N–H and O–H groups in total. The number of amidine groups is 2. The number of nitrogens with zero attached hydrogens (tertiary/aromatic N) is 1. The summed E-state index contributed by atoms with van der Waals surface area (Å²) in [6, 6.07) is 18.1. The number of hydrogen-bond acceptors (Lipinski definition) is 4. The second-order valence-corrected chi connectivity index (χ2v) is 9.58. The number of fused-ring (bicyclic) bond motifs is 2. The third-order valence-electron chi connectivity index (χ3n) is 5.46. The normalized spacial score (nSPS) is 18.7. The van der Waals surface area contributed by atoms with Crippen LogP contribution in [0.25, 0.3) is 10.8 Å². The van der Waals surface area contributed by atoms with Crippen molar-refractivity contribution >= 4 is 57.5 Å². The molecule has 2 atom stereocenters. The number of anilines is 1. The summed E-state index contributed by atoms with van der Waals surface area (Å²) in [7, 11) is 0. The maximum Gasteiger partial charge on any atom is 0.304 e. The minimum Gasteiger partial charge on any atom is -0.481 e. The number of alkyl halides is 2. The van der Waals surface area contributed by atoms with Crippen LogP contribution in [0.2, 0.25) is 5.02 Å². The smallest absolute Gasteiger partial charge is 0.304 e. The summed E-state index contributed by atoms with van der Waals surface area (Å²) in [6.07, 6.45) is -0.453. The van der Waals surface area contributed by atoms with E-state index in [1.165, 1.54) is 23.9 Å². The van der Waals surface area contributed by atoms with Crippen molar-refractivity contribution in [3.05, 3.63) is 76.8 Å². The highest BCUT2D eigenvalue weighted by Gasteiger charge is 2.42. The van der Waals surface area contributed by atoms with Crippen molar-refractivity contribution in [1.29, 1.82) is 10.8 Å². The van der Waals surface area contributed by atoms with Crippen molar-refractivity contribution in [2.45, 2.75) is 29.8 Å². The molecule has 0 radical (unpaired) electrons. The van der Waals surface area contributed by atoms with Crippen molar-refractivity contribution < 1.29 is 18.7 Å². The van der Waals surface area contributed by atoms with Crippen molar-refractivity contribution in [2.24, 2.45) is 0 Å². The second kappa shape index (κ2) is 8.76. The van der Waals surface area contributed by atoms with E-state index in [4.69, 9.17) is 22.4 Å². The van der Waals surface area contributed by atoms with Gasteiger partial charge in [-0.05, 0) is 40.1 Å². The van der Waals surface area contributed by atoms with Gasteiger partial charge in [-0.15, -0.1) is 11.8 Å². The number of aliphatic carboxylic acids is 1. The number of carboxylic acids is 1. The lowest BCUT2D eigenvalue weighted by Gasteiger charge is -2.30. The Labute approximate surface area is 198 Å². The van der Waals surface area contributed by atoms with Gasteiger partial charge in [0.25, 0.3) is 0 Å². The van der Waals surface area contributed by atoms with Crippen LogP contribution < -0.4 is 4.90 Å². The molecule has 3 aromatic carbocycles. The van der Waals surface area contributed by atoms with E-state index >= 15 is 0 Å². The largest absolute Gasteiger partial charge is 0.481 e. The molecule has 170 valence electrons. The third kappa shape index (κ3) is 4.45. The summed E-state index contributed by atoms with van der Waals surface area (Å²) in [5.41, 5.74) is 1.60. The number of thioether (sulfide) groups is 1. The number of nitrogens with one attached hydrogen (secondary N) is 2. The van der Waals surface area contributed by atoms with E-state index in [1.54, 1.807) is 6.07 Å². The van der Waals surface area contributed by atoms with E-state index in [1.807, 2.05) is 42.5 Å². The van der Waals surface area contributed by atoms with Crippen LogP contribution in [0.5, 0.6) is 0 Å². The second-order valence-electron chi connectivity index (χ2n) is 7.83. The van der Waals surface area contributed by atoms with Gasteiger partial charge < -0.3 is 5.11 Å². The summed E-state index contributed by atoms with van der Waals surface area (Å²) in [5, 5.41) is 27.1. The predicted molar refractivity (Wildman–Crippen MR) is 129 cm³/mol. The van der Waals surface area contributed by atoms with Crippen LogP contribution in [0.3, 0.4) is 0 Å². The van der Waals surface area contributed by atoms with Gasteiger partial charge in [0.15, 0.2) is 5.84 Å². The van der Waals surface area contributed by atoms with Gasteiger partial charge in [-0.2, -0.15) is 8.78 Å². The first-order valence-electron chi connectivity index (χ1n) is 10.1. The quantitative estimate of drug-likeness (QED) is 0.286. The molecule has 0 aromatic heterocycles. The van der Waals surface area contributed by atoms with Crippen molar-refractivity contribution in [2.75, 3.05) is 4.90 Å². The molecular formula is C24H20ClF2N3O2S. The van der Waals surface area contributed by atoms with E-state index in [-0.39, 0.29) is 11.5 Å². The molecule has 3 aromatic rings. The summed E-state index contributed by atoms with van der Waals surface area (Å²) in [5.74, 6) is -6.17. The molecule has 0 spiro atoms. The predicted octanol–water partition coefficient (Wildman–Crippen LogP) is 6.59. The first-order chi connectivity index (χ1) is 15.6. The van der Waals surface area contributed by atoms with Gasteiger partial charge in [0.2, 0.25) is 0 Å². The van der Waals surface area contributed by atoms with Crippen LogP contribution in [-0.2, 0) is 4.79 Å². The van der Waals surface area contributed by atoms with Gasteiger partial charge in [0, 0.05) is 11.9 Å². The Balaban J connectivity index is 2.00. The van der Waals surface area contributed by atoms with Crippen LogP contribution in [0, 0.1) is 10.8 Å². The molecule has 1 heterocycles. The molecule has 1 aliphatic heterocycles. The zero-order valence-corrected chi connectivity index (χ0v) is 19.1. The lowest BCUT2D eigenvalue weighted by atomic mass is 9.96. The number of carboxylic acid groups (broad SMARTS) is 1.